The molecule has 21 heavy (non-hydrogen) atoms. The number of aromatic nitrogens is 1. The molecule has 1 aliphatic rings. The van der Waals surface area contributed by atoms with E-state index in [9.17, 15) is 4.79 Å². The first-order chi connectivity index (χ1) is 10.1. The number of carbonyl (C=O) groups excluding carboxylic acids is 1. The first kappa shape index (κ1) is 15.4. The molecule has 1 saturated carbocycles. The summed E-state index contributed by atoms with van der Waals surface area (Å²) in [6.45, 7) is 6.15. The van der Waals surface area contributed by atoms with Gasteiger partial charge in [-0.15, -0.1) is 0 Å². The molecule has 1 heterocycles. The Hall–Kier alpha value is -2.02. The van der Waals surface area contributed by atoms with Crippen LogP contribution in [0, 0.1) is 25.2 Å². The Balaban J connectivity index is 2.34. The number of hydrogen-bond donors (Lipinski definition) is 0. The molecular weight excluding hydrogens is 264 g/mol. The number of aryl methyl sites for hydroxylation is 1. The number of carbonyl (C=O) groups is 1. The molecule has 0 aliphatic heterocycles. The second kappa shape index (κ2) is 6.62. The van der Waals surface area contributed by atoms with Crippen LogP contribution in [-0.2, 0) is 9.53 Å². The van der Waals surface area contributed by atoms with E-state index >= 15 is 0 Å². The molecule has 0 aromatic carbocycles. The molecule has 0 spiro atoms. The van der Waals surface area contributed by atoms with E-state index in [1.165, 1.54) is 31.4 Å². The highest BCUT2D eigenvalue weighted by atomic mass is 16.5. The van der Waals surface area contributed by atoms with Crippen molar-refractivity contribution in [3.05, 3.63) is 28.6 Å². The first-order valence-corrected chi connectivity index (χ1v) is 7.55. The zero-order chi connectivity index (χ0) is 15.4. The standard InChI is InChI=1S/C17H22N2O2/c1-4-21-17(20)15(11-18)10-14-9-12(2)19(13(14)3)16-7-5-6-8-16/h9-10,16H,4-8H2,1-3H3/b15-10+. The van der Waals surface area contributed by atoms with E-state index in [0.717, 1.165) is 11.3 Å². The third kappa shape index (κ3) is 3.18. The molecule has 0 saturated heterocycles. The highest BCUT2D eigenvalue weighted by Crippen LogP contribution is 2.33. The first-order valence-electron chi connectivity index (χ1n) is 7.55. The summed E-state index contributed by atoms with van der Waals surface area (Å²) in [4.78, 5) is 11.7. The average Bonchev–Trinajstić information content (AvgIpc) is 3.05. The summed E-state index contributed by atoms with van der Waals surface area (Å²) in [5.74, 6) is -0.550. The predicted octanol–water partition coefficient (Wildman–Crippen LogP) is 3.69. The zero-order valence-corrected chi connectivity index (χ0v) is 13.0. The van der Waals surface area contributed by atoms with Crippen molar-refractivity contribution in [1.29, 1.82) is 5.26 Å². The van der Waals surface area contributed by atoms with Gasteiger partial charge in [0.05, 0.1) is 6.61 Å². The average molecular weight is 286 g/mol. The molecule has 1 aromatic rings. The molecule has 0 unspecified atom stereocenters. The lowest BCUT2D eigenvalue weighted by atomic mass is 10.1. The lowest BCUT2D eigenvalue weighted by Crippen LogP contribution is -2.08. The molecule has 0 N–H and O–H groups in total. The second-order valence-corrected chi connectivity index (χ2v) is 5.53. The van der Waals surface area contributed by atoms with Gasteiger partial charge >= 0.3 is 5.97 Å². The van der Waals surface area contributed by atoms with Crippen molar-refractivity contribution in [2.24, 2.45) is 0 Å². The summed E-state index contributed by atoms with van der Waals surface area (Å²) < 4.78 is 7.25. The van der Waals surface area contributed by atoms with Gasteiger partial charge in [-0.1, -0.05) is 12.8 Å². The molecule has 0 amide bonds. The summed E-state index contributed by atoms with van der Waals surface area (Å²) >= 11 is 0. The van der Waals surface area contributed by atoms with Crippen molar-refractivity contribution in [2.75, 3.05) is 6.61 Å². The predicted molar refractivity (Wildman–Crippen MR) is 81.6 cm³/mol. The maximum absolute atomic E-state index is 11.7. The fraction of sp³-hybridized carbons (Fsp3) is 0.529. The Morgan fingerprint density at radius 1 is 1.48 bits per heavy atom. The van der Waals surface area contributed by atoms with Gasteiger partial charge in [-0.2, -0.15) is 5.26 Å². The molecule has 1 fully saturated rings. The van der Waals surface area contributed by atoms with Crippen molar-refractivity contribution in [1.82, 2.24) is 4.57 Å². The van der Waals surface area contributed by atoms with E-state index in [1.54, 1.807) is 13.0 Å². The van der Waals surface area contributed by atoms with Gasteiger partial charge in [0, 0.05) is 17.4 Å². The number of ether oxygens (including phenoxy) is 1. The van der Waals surface area contributed by atoms with Crippen LogP contribution < -0.4 is 0 Å². The van der Waals surface area contributed by atoms with Gasteiger partial charge in [0.15, 0.2) is 0 Å². The van der Waals surface area contributed by atoms with Gasteiger partial charge in [0.1, 0.15) is 11.6 Å². The smallest absolute Gasteiger partial charge is 0.348 e. The van der Waals surface area contributed by atoms with Crippen LogP contribution in [0.1, 0.15) is 55.6 Å². The van der Waals surface area contributed by atoms with E-state index in [2.05, 4.69) is 18.4 Å². The minimum absolute atomic E-state index is 0.0588. The van der Waals surface area contributed by atoms with Gasteiger partial charge in [-0.25, -0.2) is 4.79 Å². The van der Waals surface area contributed by atoms with Crippen LogP contribution in [0.4, 0.5) is 0 Å². The van der Waals surface area contributed by atoms with Crippen LogP contribution in [0.2, 0.25) is 0 Å². The Morgan fingerprint density at radius 3 is 2.71 bits per heavy atom. The van der Waals surface area contributed by atoms with Crippen molar-refractivity contribution < 1.29 is 9.53 Å². The SMILES string of the molecule is CCOC(=O)/C(C#N)=C/c1cc(C)n(C2CCCC2)c1C. The molecule has 4 heteroatoms. The summed E-state index contributed by atoms with van der Waals surface area (Å²) in [6.07, 6.45) is 6.62. The van der Waals surface area contributed by atoms with Gasteiger partial charge in [-0.3, -0.25) is 0 Å². The number of hydrogen-bond acceptors (Lipinski definition) is 3. The van der Waals surface area contributed by atoms with E-state index < -0.39 is 5.97 Å². The van der Waals surface area contributed by atoms with E-state index in [4.69, 9.17) is 10.00 Å². The maximum atomic E-state index is 11.7. The molecular formula is C17H22N2O2. The fourth-order valence-electron chi connectivity index (χ4n) is 3.17. The molecule has 2 rings (SSSR count). The fourth-order valence-corrected chi connectivity index (χ4v) is 3.17. The molecule has 1 aromatic heterocycles. The van der Waals surface area contributed by atoms with Gasteiger partial charge < -0.3 is 9.30 Å². The monoisotopic (exact) mass is 286 g/mol. The molecule has 0 atom stereocenters. The molecule has 0 bridgehead atoms. The Kier molecular flexibility index (Phi) is 4.85. The summed E-state index contributed by atoms with van der Waals surface area (Å²) in [5.41, 5.74) is 3.30. The van der Waals surface area contributed by atoms with Crippen molar-refractivity contribution in [3.8, 4) is 6.07 Å². The maximum Gasteiger partial charge on any atom is 0.348 e. The third-order valence-corrected chi connectivity index (χ3v) is 4.13. The van der Waals surface area contributed by atoms with Gasteiger partial charge in [0.25, 0.3) is 0 Å². The van der Waals surface area contributed by atoms with Crippen molar-refractivity contribution in [2.45, 2.75) is 52.5 Å². The molecule has 1 aliphatic carbocycles. The molecule has 112 valence electrons. The highest BCUT2D eigenvalue weighted by molar-refractivity contribution is 5.98. The molecule has 0 radical (unpaired) electrons. The zero-order valence-electron chi connectivity index (χ0n) is 13.0. The van der Waals surface area contributed by atoms with E-state index in [1.807, 2.05) is 12.1 Å². The van der Waals surface area contributed by atoms with Gasteiger partial charge in [-0.05, 0) is 51.3 Å². The normalized spacial score (nSPS) is 16.0. The topological polar surface area (TPSA) is 55.0 Å². The van der Waals surface area contributed by atoms with Crippen molar-refractivity contribution >= 4 is 12.0 Å². The number of esters is 1. The van der Waals surface area contributed by atoms with Crippen LogP contribution in [0.15, 0.2) is 11.6 Å². The summed E-state index contributed by atoms with van der Waals surface area (Å²) in [7, 11) is 0. The minimum atomic E-state index is -0.550. The summed E-state index contributed by atoms with van der Waals surface area (Å²) in [6, 6.07) is 4.54. The quantitative estimate of drug-likeness (QED) is 0.482. The van der Waals surface area contributed by atoms with Crippen LogP contribution in [0.25, 0.3) is 6.08 Å². The van der Waals surface area contributed by atoms with Crippen molar-refractivity contribution in [3.63, 3.8) is 0 Å². The van der Waals surface area contributed by atoms with Crippen LogP contribution in [0.3, 0.4) is 0 Å². The lowest BCUT2D eigenvalue weighted by Gasteiger charge is -2.17. The highest BCUT2D eigenvalue weighted by Gasteiger charge is 2.21. The van der Waals surface area contributed by atoms with Gasteiger partial charge in [0.2, 0.25) is 0 Å². The largest absolute Gasteiger partial charge is 0.462 e. The third-order valence-electron chi connectivity index (χ3n) is 4.13. The van der Waals surface area contributed by atoms with E-state index in [-0.39, 0.29) is 12.2 Å². The van der Waals surface area contributed by atoms with E-state index in [0.29, 0.717) is 6.04 Å². The lowest BCUT2D eigenvalue weighted by molar-refractivity contribution is -0.137. The van der Waals surface area contributed by atoms with Crippen LogP contribution >= 0.6 is 0 Å². The Labute approximate surface area is 126 Å². The second-order valence-electron chi connectivity index (χ2n) is 5.53. The van der Waals surface area contributed by atoms with Crippen LogP contribution in [-0.4, -0.2) is 17.1 Å². The molecule has 4 nitrogen and oxygen atoms in total. The van der Waals surface area contributed by atoms with Crippen LogP contribution in [0.5, 0.6) is 0 Å². The summed E-state index contributed by atoms with van der Waals surface area (Å²) in [5, 5.41) is 9.14. The number of rotatable bonds is 4. The number of nitriles is 1. The minimum Gasteiger partial charge on any atom is -0.462 e. The Morgan fingerprint density at radius 2 is 2.14 bits per heavy atom. The Bertz CT molecular complexity index is 599. The number of nitrogens with zero attached hydrogens (tertiary/aromatic N) is 2.